The van der Waals surface area contributed by atoms with Gasteiger partial charge in [-0.25, -0.2) is 0 Å². The van der Waals surface area contributed by atoms with Crippen molar-refractivity contribution in [3.63, 3.8) is 0 Å². The third-order valence-corrected chi connectivity index (χ3v) is 3.06. The lowest BCUT2D eigenvalue weighted by Gasteiger charge is -2.25. The lowest BCUT2D eigenvalue weighted by Crippen LogP contribution is -2.51. The number of carbonyl (C=O) groups is 2. The molecule has 0 fully saturated rings. The van der Waals surface area contributed by atoms with E-state index in [9.17, 15) is 27.9 Å². The van der Waals surface area contributed by atoms with E-state index < -0.39 is 35.8 Å². The van der Waals surface area contributed by atoms with Crippen LogP contribution >= 0.6 is 0 Å². The first-order chi connectivity index (χ1) is 9.23. The van der Waals surface area contributed by atoms with Crippen LogP contribution < -0.4 is 4.90 Å². The molecule has 108 valence electrons. The Morgan fingerprint density at radius 3 is 2.55 bits per heavy atom. The van der Waals surface area contributed by atoms with Crippen LogP contribution in [0.1, 0.15) is 5.56 Å². The van der Waals surface area contributed by atoms with Gasteiger partial charge in [0.05, 0.1) is 12.8 Å². The Morgan fingerprint density at radius 1 is 1.40 bits per heavy atom. The summed E-state index contributed by atoms with van der Waals surface area (Å²) in [5.41, 5.74) is -4.40. The lowest BCUT2D eigenvalue weighted by molar-refractivity contribution is -0.253. The van der Waals surface area contributed by atoms with Crippen LogP contribution in [0.3, 0.4) is 0 Å². The van der Waals surface area contributed by atoms with Crippen molar-refractivity contribution < 1.29 is 32.6 Å². The molecule has 0 aliphatic carbocycles. The first-order valence-corrected chi connectivity index (χ1v) is 5.51. The molecule has 1 heterocycles. The average molecular weight is 289 g/mol. The maximum absolute atomic E-state index is 13.1. The van der Waals surface area contributed by atoms with E-state index in [0.717, 1.165) is 13.2 Å². The highest BCUT2D eigenvalue weighted by atomic mass is 19.4. The third-order valence-electron chi connectivity index (χ3n) is 3.06. The zero-order chi connectivity index (χ0) is 15.1. The Morgan fingerprint density at radius 2 is 2.00 bits per heavy atom. The van der Waals surface area contributed by atoms with Crippen LogP contribution in [0.5, 0.6) is 0 Å². The van der Waals surface area contributed by atoms with Gasteiger partial charge in [0.2, 0.25) is 0 Å². The number of para-hydroxylation sites is 1. The minimum atomic E-state index is -5.19. The number of anilines is 1. The van der Waals surface area contributed by atoms with Crippen molar-refractivity contribution in [3.05, 3.63) is 29.8 Å². The van der Waals surface area contributed by atoms with Crippen molar-refractivity contribution >= 4 is 17.6 Å². The number of amides is 1. The first kappa shape index (κ1) is 14.3. The van der Waals surface area contributed by atoms with Crippen LogP contribution in [-0.4, -0.2) is 36.8 Å². The molecule has 0 saturated heterocycles. The molecule has 5 nitrogen and oxygen atoms in total. The zero-order valence-corrected chi connectivity index (χ0v) is 10.3. The maximum atomic E-state index is 13.1. The number of alkyl halides is 3. The number of hydrogen-bond donors (Lipinski definition) is 1. The van der Waals surface area contributed by atoms with Crippen LogP contribution in [-0.2, 0) is 19.9 Å². The standard InChI is InChI=1S/C12H10F3NO4/c1-20-9(17)6-16-8-5-3-2-4-7(8)11(19,10(16)18)12(13,14)15/h2-5,19H,6H2,1H3. The first-order valence-electron chi connectivity index (χ1n) is 5.51. The van der Waals surface area contributed by atoms with E-state index in [1.54, 1.807) is 0 Å². The highest BCUT2D eigenvalue weighted by molar-refractivity contribution is 6.09. The molecule has 1 amide bonds. The van der Waals surface area contributed by atoms with Gasteiger partial charge in [0.15, 0.2) is 0 Å². The molecule has 20 heavy (non-hydrogen) atoms. The molecule has 1 unspecified atom stereocenters. The minimum Gasteiger partial charge on any atom is -0.468 e. The second-order valence-corrected chi connectivity index (χ2v) is 4.19. The molecular weight excluding hydrogens is 279 g/mol. The monoisotopic (exact) mass is 289 g/mol. The molecule has 1 aliphatic rings. The number of carbonyl (C=O) groups excluding carboxylic acids is 2. The number of hydrogen-bond acceptors (Lipinski definition) is 4. The SMILES string of the molecule is COC(=O)CN1C(=O)C(O)(C(F)(F)F)c2ccccc21. The summed E-state index contributed by atoms with van der Waals surface area (Å²) < 4.78 is 43.5. The van der Waals surface area contributed by atoms with Crippen molar-refractivity contribution in [1.82, 2.24) is 0 Å². The Balaban J connectivity index is 2.56. The number of aliphatic hydroxyl groups is 1. The predicted molar refractivity (Wildman–Crippen MR) is 60.8 cm³/mol. The van der Waals surface area contributed by atoms with Crippen molar-refractivity contribution in [2.75, 3.05) is 18.6 Å². The fraction of sp³-hybridized carbons (Fsp3) is 0.333. The molecular formula is C12H10F3NO4. The van der Waals surface area contributed by atoms with Gasteiger partial charge in [-0.1, -0.05) is 18.2 Å². The Labute approximate surface area is 111 Å². The van der Waals surface area contributed by atoms with Crippen LogP contribution in [0.15, 0.2) is 24.3 Å². The Bertz CT molecular complexity index is 572. The van der Waals surface area contributed by atoms with Crippen LogP contribution in [0.4, 0.5) is 18.9 Å². The van der Waals surface area contributed by atoms with Gasteiger partial charge in [-0.2, -0.15) is 13.2 Å². The number of esters is 1. The van der Waals surface area contributed by atoms with E-state index in [4.69, 9.17) is 0 Å². The summed E-state index contributed by atoms with van der Waals surface area (Å²) in [7, 11) is 1.05. The maximum Gasteiger partial charge on any atom is 0.430 e. The lowest BCUT2D eigenvalue weighted by atomic mass is 9.95. The molecule has 0 aromatic heterocycles. The van der Waals surface area contributed by atoms with Crippen molar-refractivity contribution in [2.45, 2.75) is 11.8 Å². The third kappa shape index (κ3) is 1.83. The highest BCUT2D eigenvalue weighted by Crippen LogP contribution is 2.49. The Kier molecular flexibility index (Phi) is 3.21. The number of rotatable bonds is 2. The zero-order valence-electron chi connectivity index (χ0n) is 10.3. The largest absolute Gasteiger partial charge is 0.468 e. The summed E-state index contributed by atoms with van der Waals surface area (Å²) >= 11 is 0. The normalized spacial score (nSPS) is 21.9. The smallest absolute Gasteiger partial charge is 0.430 e. The summed E-state index contributed by atoms with van der Waals surface area (Å²) in [6.07, 6.45) is -5.19. The second kappa shape index (κ2) is 4.48. The van der Waals surface area contributed by atoms with Crippen LogP contribution in [0, 0.1) is 0 Å². The van der Waals surface area contributed by atoms with Gasteiger partial charge in [-0.05, 0) is 6.07 Å². The van der Waals surface area contributed by atoms with Crippen LogP contribution in [0.25, 0.3) is 0 Å². The number of methoxy groups -OCH3 is 1. The van der Waals surface area contributed by atoms with Gasteiger partial charge in [0, 0.05) is 5.56 Å². The van der Waals surface area contributed by atoms with Gasteiger partial charge in [0.1, 0.15) is 6.54 Å². The molecule has 0 saturated carbocycles. The Hall–Kier alpha value is -2.09. The molecule has 2 rings (SSSR count). The van der Waals surface area contributed by atoms with Gasteiger partial charge in [-0.3, -0.25) is 14.5 Å². The number of nitrogens with zero attached hydrogens (tertiary/aromatic N) is 1. The van der Waals surface area contributed by atoms with E-state index in [-0.39, 0.29) is 5.69 Å². The van der Waals surface area contributed by atoms with Gasteiger partial charge >= 0.3 is 12.1 Å². The molecule has 0 bridgehead atoms. The second-order valence-electron chi connectivity index (χ2n) is 4.19. The molecule has 8 heteroatoms. The number of benzene rings is 1. The van der Waals surface area contributed by atoms with E-state index in [2.05, 4.69) is 4.74 Å². The number of ether oxygens (including phenoxy) is 1. The average Bonchev–Trinajstić information content (AvgIpc) is 2.62. The van der Waals surface area contributed by atoms with E-state index in [1.807, 2.05) is 0 Å². The highest BCUT2D eigenvalue weighted by Gasteiger charge is 2.66. The molecule has 1 atom stereocenters. The topological polar surface area (TPSA) is 66.8 Å². The predicted octanol–water partition coefficient (Wildman–Crippen LogP) is 0.956. The van der Waals surface area contributed by atoms with E-state index in [1.165, 1.54) is 18.2 Å². The molecule has 1 aromatic carbocycles. The van der Waals surface area contributed by atoms with E-state index in [0.29, 0.717) is 4.90 Å². The summed E-state index contributed by atoms with van der Waals surface area (Å²) in [4.78, 5) is 23.7. The molecule has 1 N–H and O–H groups in total. The summed E-state index contributed by atoms with van der Waals surface area (Å²) in [6.45, 7) is -0.704. The number of fused-ring (bicyclic) bond motifs is 1. The summed E-state index contributed by atoms with van der Waals surface area (Å²) in [6, 6.07) is 4.89. The molecule has 0 radical (unpaired) electrons. The van der Waals surface area contributed by atoms with Crippen molar-refractivity contribution in [2.24, 2.45) is 0 Å². The molecule has 1 aliphatic heterocycles. The molecule has 1 aromatic rings. The van der Waals surface area contributed by atoms with Crippen molar-refractivity contribution in [1.29, 1.82) is 0 Å². The fourth-order valence-electron chi connectivity index (χ4n) is 2.06. The summed E-state index contributed by atoms with van der Waals surface area (Å²) in [5, 5.41) is 9.84. The van der Waals surface area contributed by atoms with Gasteiger partial charge < -0.3 is 9.84 Å². The van der Waals surface area contributed by atoms with Crippen LogP contribution in [0.2, 0.25) is 0 Å². The van der Waals surface area contributed by atoms with E-state index >= 15 is 0 Å². The minimum absolute atomic E-state index is 0.164. The quantitative estimate of drug-likeness (QED) is 0.823. The summed E-state index contributed by atoms with van der Waals surface area (Å²) in [5.74, 6) is -2.50. The fourth-order valence-corrected chi connectivity index (χ4v) is 2.06. The molecule has 0 spiro atoms. The van der Waals surface area contributed by atoms with Gasteiger partial charge in [0.25, 0.3) is 11.5 Å². The number of halogens is 3. The van der Waals surface area contributed by atoms with Gasteiger partial charge in [-0.15, -0.1) is 0 Å². The van der Waals surface area contributed by atoms with Crippen molar-refractivity contribution in [3.8, 4) is 0 Å².